The van der Waals surface area contributed by atoms with Crippen molar-refractivity contribution in [3.63, 3.8) is 0 Å². The number of nitrogens with one attached hydrogen (secondary N) is 1. The van der Waals surface area contributed by atoms with Crippen LogP contribution in [0.4, 0.5) is 5.13 Å². The Morgan fingerprint density at radius 2 is 2.00 bits per heavy atom. The minimum atomic E-state index is -0.382. The number of hydrogen-bond acceptors (Lipinski definition) is 6. The van der Waals surface area contributed by atoms with Crippen LogP contribution in [-0.4, -0.2) is 16.0 Å². The highest BCUT2D eigenvalue weighted by molar-refractivity contribution is 7.14. The molecule has 0 radical (unpaired) electrons. The van der Waals surface area contributed by atoms with E-state index in [1.807, 2.05) is 11.4 Å². The Hall–Kier alpha value is -3.19. The highest BCUT2D eigenvalue weighted by Crippen LogP contribution is 2.27. The lowest BCUT2D eigenvalue weighted by Crippen LogP contribution is -2.11. The summed E-state index contributed by atoms with van der Waals surface area (Å²) in [4.78, 5) is 16.8. The number of aromatic nitrogens is 2. The molecule has 1 N–H and O–H groups in total. The molecule has 0 aliphatic carbocycles. The van der Waals surface area contributed by atoms with Gasteiger partial charge in [-0.25, -0.2) is 4.98 Å². The first-order chi connectivity index (χ1) is 12.6. The van der Waals surface area contributed by atoms with Crippen LogP contribution in [0.1, 0.15) is 21.6 Å². The second kappa shape index (κ2) is 6.61. The van der Waals surface area contributed by atoms with E-state index in [0.29, 0.717) is 16.7 Å². The van der Waals surface area contributed by atoms with Crippen LogP contribution in [0.15, 0.2) is 57.0 Å². The second-order valence-electron chi connectivity index (χ2n) is 5.84. The van der Waals surface area contributed by atoms with Gasteiger partial charge in [0.25, 0.3) is 5.91 Å². The van der Waals surface area contributed by atoms with Crippen molar-refractivity contribution in [1.29, 1.82) is 0 Å². The number of rotatable bonds is 4. The van der Waals surface area contributed by atoms with Crippen LogP contribution in [0.5, 0.6) is 0 Å². The van der Waals surface area contributed by atoms with Gasteiger partial charge < -0.3 is 8.94 Å². The third-order valence-electron chi connectivity index (χ3n) is 4.03. The smallest absolute Gasteiger partial charge is 0.279 e. The summed E-state index contributed by atoms with van der Waals surface area (Å²) in [7, 11) is 0. The Balaban J connectivity index is 1.50. The Morgan fingerprint density at radius 3 is 2.77 bits per heavy atom. The van der Waals surface area contributed by atoms with E-state index in [1.54, 1.807) is 12.1 Å². The maximum Gasteiger partial charge on any atom is 0.279 e. The quantitative estimate of drug-likeness (QED) is 0.555. The summed E-state index contributed by atoms with van der Waals surface area (Å²) in [6.07, 6.45) is 1.53. The van der Waals surface area contributed by atoms with E-state index >= 15 is 0 Å². The fourth-order valence-corrected chi connectivity index (χ4v) is 3.16. The van der Waals surface area contributed by atoms with E-state index < -0.39 is 0 Å². The van der Waals surface area contributed by atoms with Crippen LogP contribution in [0, 0.1) is 13.8 Å². The second-order valence-corrected chi connectivity index (χ2v) is 6.70. The molecule has 0 aliphatic heterocycles. The number of furan rings is 1. The lowest BCUT2D eigenvalue weighted by atomic mass is 10.1. The zero-order chi connectivity index (χ0) is 18.1. The van der Waals surface area contributed by atoms with Crippen LogP contribution in [0.3, 0.4) is 0 Å². The topological polar surface area (TPSA) is 81.2 Å². The highest BCUT2D eigenvalue weighted by Gasteiger charge is 2.16. The molecule has 0 spiro atoms. The van der Waals surface area contributed by atoms with Crippen LogP contribution in [0.25, 0.3) is 22.8 Å². The summed E-state index contributed by atoms with van der Waals surface area (Å²) in [6.45, 7) is 4.13. The molecule has 1 amide bonds. The molecule has 0 saturated heterocycles. The first-order valence-electron chi connectivity index (χ1n) is 7.95. The SMILES string of the molecule is Cc1ccc(-c2csc(NC(=O)c3cc(-c4ccco4)on3)n2)cc1C. The molecule has 0 atom stereocenters. The van der Waals surface area contributed by atoms with E-state index in [4.69, 9.17) is 8.94 Å². The zero-order valence-corrected chi connectivity index (χ0v) is 15.0. The molecule has 1 aromatic carbocycles. The molecule has 0 saturated carbocycles. The van der Waals surface area contributed by atoms with Crippen molar-refractivity contribution in [1.82, 2.24) is 10.1 Å². The van der Waals surface area contributed by atoms with E-state index in [0.717, 1.165) is 11.3 Å². The third-order valence-corrected chi connectivity index (χ3v) is 4.79. The van der Waals surface area contributed by atoms with Crippen LogP contribution in [-0.2, 0) is 0 Å². The molecule has 3 heterocycles. The first kappa shape index (κ1) is 16.3. The number of thiazole rings is 1. The molecule has 26 heavy (non-hydrogen) atoms. The summed E-state index contributed by atoms with van der Waals surface area (Å²) in [5, 5.41) is 8.95. The summed E-state index contributed by atoms with van der Waals surface area (Å²) >= 11 is 1.36. The number of carbonyl (C=O) groups excluding carboxylic acids is 1. The average Bonchev–Trinajstić information content (AvgIpc) is 3.38. The summed E-state index contributed by atoms with van der Waals surface area (Å²) in [5.41, 5.74) is 4.44. The van der Waals surface area contributed by atoms with Crippen molar-refractivity contribution in [3.8, 4) is 22.8 Å². The molecule has 0 bridgehead atoms. The van der Waals surface area contributed by atoms with E-state index in [2.05, 4.69) is 41.4 Å². The largest absolute Gasteiger partial charge is 0.461 e. The summed E-state index contributed by atoms with van der Waals surface area (Å²) < 4.78 is 10.4. The van der Waals surface area contributed by atoms with Crippen molar-refractivity contribution in [2.75, 3.05) is 5.32 Å². The molecule has 4 rings (SSSR count). The number of benzene rings is 1. The Morgan fingerprint density at radius 1 is 1.12 bits per heavy atom. The Labute approximate surface area is 153 Å². The Bertz CT molecular complexity index is 1060. The predicted molar refractivity (Wildman–Crippen MR) is 99.2 cm³/mol. The molecular weight excluding hydrogens is 350 g/mol. The molecular formula is C19H15N3O3S. The number of carbonyl (C=O) groups is 1. The number of hydrogen-bond donors (Lipinski definition) is 1. The number of nitrogens with zero attached hydrogens (tertiary/aromatic N) is 2. The fraction of sp³-hybridized carbons (Fsp3) is 0.105. The standard InChI is InChI=1S/C19H15N3O3S/c1-11-5-6-13(8-12(11)2)15-10-26-19(20-15)21-18(23)14-9-17(25-22-14)16-4-3-7-24-16/h3-10H,1-2H3,(H,20,21,23). The van der Waals surface area contributed by atoms with Crippen LogP contribution < -0.4 is 5.32 Å². The van der Waals surface area contributed by atoms with Gasteiger partial charge in [0, 0.05) is 17.0 Å². The molecule has 0 fully saturated rings. The lowest BCUT2D eigenvalue weighted by Gasteiger charge is -2.02. The molecule has 0 aliphatic rings. The molecule has 130 valence electrons. The average molecular weight is 365 g/mol. The monoisotopic (exact) mass is 365 g/mol. The van der Waals surface area contributed by atoms with Crippen molar-refractivity contribution >= 4 is 22.4 Å². The molecule has 0 unspecified atom stereocenters. The highest BCUT2D eigenvalue weighted by atomic mass is 32.1. The lowest BCUT2D eigenvalue weighted by molar-refractivity contribution is 0.101. The summed E-state index contributed by atoms with van der Waals surface area (Å²) in [5.74, 6) is 0.533. The van der Waals surface area contributed by atoms with Crippen LogP contribution in [0.2, 0.25) is 0 Å². The first-order valence-corrected chi connectivity index (χ1v) is 8.83. The van der Waals surface area contributed by atoms with Gasteiger partial charge in [-0.3, -0.25) is 10.1 Å². The Kier molecular flexibility index (Phi) is 4.14. The normalized spacial score (nSPS) is 10.8. The van der Waals surface area contributed by atoms with Crippen molar-refractivity contribution in [2.24, 2.45) is 0 Å². The van der Waals surface area contributed by atoms with Crippen LogP contribution >= 0.6 is 11.3 Å². The molecule has 6 nitrogen and oxygen atoms in total. The van der Waals surface area contributed by atoms with Gasteiger partial charge in [0.05, 0.1) is 12.0 Å². The van der Waals surface area contributed by atoms with Gasteiger partial charge in [-0.2, -0.15) is 0 Å². The van der Waals surface area contributed by atoms with E-state index in [-0.39, 0.29) is 11.6 Å². The fourth-order valence-electron chi connectivity index (χ4n) is 2.44. The minimum Gasteiger partial charge on any atom is -0.461 e. The molecule has 3 aromatic heterocycles. The van der Waals surface area contributed by atoms with Crippen molar-refractivity contribution < 1.29 is 13.7 Å². The van der Waals surface area contributed by atoms with E-state index in [1.165, 1.54) is 34.8 Å². The van der Waals surface area contributed by atoms with Gasteiger partial charge in [-0.1, -0.05) is 17.3 Å². The van der Waals surface area contributed by atoms with E-state index in [9.17, 15) is 4.79 Å². The maximum absolute atomic E-state index is 12.3. The molecule has 4 aromatic rings. The minimum absolute atomic E-state index is 0.166. The maximum atomic E-state index is 12.3. The number of amides is 1. The van der Waals surface area contributed by atoms with Gasteiger partial charge >= 0.3 is 0 Å². The molecule has 7 heteroatoms. The zero-order valence-electron chi connectivity index (χ0n) is 14.1. The van der Waals surface area contributed by atoms with Gasteiger partial charge in [-0.05, 0) is 43.2 Å². The number of aryl methyl sites for hydroxylation is 2. The summed E-state index contributed by atoms with van der Waals surface area (Å²) in [6, 6.07) is 11.2. The van der Waals surface area contributed by atoms with Gasteiger partial charge in [0.2, 0.25) is 5.76 Å². The van der Waals surface area contributed by atoms with Gasteiger partial charge in [-0.15, -0.1) is 11.3 Å². The van der Waals surface area contributed by atoms with Gasteiger partial charge in [0.15, 0.2) is 16.6 Å². The van der Waals surface area contributed by atoms with Crippen molar-refractivity contribution in [2.45, 2.75) is 13.8 Å². The van der Waals surface area contributed by atoms with Crippen molar-refractivity contribution in [3.05, 3.63) is 64.9 Å². The number of anilines is 1. The van der Waals surface area contributed by atoms with Gasteiger partial charge in [0.1, 0.15) is 0 Å². The third kappa shape index (κ3) is 3.16. The predicted octanol–water partition coefficient (Wildman–Crippen LogP) is 4.93.